The third kappa shape index (κ3) is 4.84. The number of hydrogen-bond acceptors (Lipinski definition) is 2. The molecule has 1 fully saturated rings. The van der Waals surface area contributed by atoms with Crippen LogP contribution in [0.5, 0.6) is 0 Å². The molecule has 1 N–H and O–H groups in total. The van der Waals surface area contributed by atoms with E-state index in [1.165, 1.54) is 32.1 Å². The Morgan fingerprint density at radius 3 is 2.62 bits per heavy atom. The predicted octanol–water partition coefficient (Wildman–Crippen LogP) is 3.36. The molecule has 96 valence electrons. The minimum atomic E-state index is 0.437. The fourth-order valence-electron chi connectivity index (χ4n) is 2.49. The molecule has 1 saturated heterocycles. The molecule has 1 aliphatic rings. The first-order chi connectivity index (χ1) is 7.65. The summed E-state index contributed by atoms with van der Waals surface area (Å²) in [4.78, 5) is 0. The highest BCUT2D eigenvalue weighted by Crippen LogP contribution is 2.17. The molecule has 4 unspecified atom stereocenters. The highest BCUT2D eigenvalue weighted by atomic mass is 16.5. The second kappa shape index (κ2) is 7.29. The molecule has 0 radical (unpaired) electrons. The van der Waals surface area contributed by atoms with Gasteiger partial charge in [-0.15, -0.1) is 0 Å². The van der Waals surface area contributed by atoms with Gasteiger partial charge in [0.05, 0.1) is 6.10 Å². The van der Waals surface area contributed by atoms with Gasteiger partial charge in [-0.1, -0.05) is 27.2 Å². The molecule has 4 atom stereocenters. The van der Waals surface area contributed by atoms with Crippen molar-refractivity contribution >= 4 is 0 Å². The lowest BCUT2D eigenvalue weighted by atomic mass is 9.95. The lowest BCUT2D eigenvalue weighted by molar-refractivity contribution is 0.0106. The van der Waals surface area contributed by atoms with Crippen LogP contribution in [0.15, 0.2) is 0 Å². The molecule has 1 aliphatic heterocycles. The van der Waals surface area contributed by atoms with Gasteiger partial charge in [0.1, 0.15) is 0 Å². The lowest BCUT2D eigenvalue weighted by Crippen LogP contribution is -2.43. The van der Waals surface area contributed by atoms with Gasteiger partial charge >= 0.3 is 0 Å². The topological polar surface area (TPSA) is 21.3 Å². The van der Waals surface area contributed by atoms with Crippen molar-refractivity contribution in [3.8, 4) is 0 Å². The monoisotopic (exact) mass is 227 g/mol. The summed E-state index contributed by atoms with van der Waals surface area (Å²) >= 11 is 0. The van der Waals surface area contributed by atoms with Gasteiger partial charge in [-0.05, 0) is 38.5 Å². The normalized spacial score (nSPS) is 30.0. The summed E-state index contributed by atoms with van der Waals surface area (Å²) in [6, 6.07) is 1.38. The maximum atomic E-state index is 5.59. The number of ether oxygens (including phenoxy) is 1. The zero-order chi connectivity index (χ0) is 12.0. The largest absolute Gasteiger partial charge is 0.378 e. The Labute approximate surface area is 101 Å². The molecule has 0 saturated carbocycles. The average molecular weight is 227 g/mol. The molecule has 0 aromatic rings. The lowest BCUT2D eigenvalue weighted by Gasteiger charge is -2.32. The second-order valence-corrected chi connectivity index (χ2v) is 5.42. The van der Waals surface area contributed by atoms with Crippen molar-refractivity contribution in [2.45, 2.75) is 78.0 Å². The summed E-state index contributed by atoms with van der Waals surface area (Å²) in [5.41, 5.74) is 0. The van der Waals surface area contributed by atoms with Gasteiger partial charge < -0.3 is 10.1 Å². The van der Waals surface area contributed by atoms with Crippen LogP contribution in [0.2, 0.25) is 0 Å². The Hall–Kier alpha value is -0.0800. The van der Waals surface area contributed by atoms with Crippen molar-refractivity contribution in [3.05, 3.63) is 0 Å². The Morgan fingerprint density at radius 2 is 2.06 bits per heavy atom. The maximum absolute atomic E-state index is 5.59. The number of rotatable bonds is 6. The van der Waals surface area contributed by atoms with Crippen molar-refractivity contribution in [2.24, 2.45) is 5.92 Å². The summed E-state index contributed by atoms with van der Waals surface area (Å²) in [6.07, 6.45) is 6.66. The SMILES string of the molecule is CCC(C)CC(CC)NC1CCOC(C)C1. The van der Waals surface area contributed by atoms with E-state index in [-0.39, 0.29) is 0 Å². The molecular weight excluding hydrogens is 198 g/mol. The number of hydrogen-bond donors (Lipinski definition) is 1. The Kier molecular flexibility index (Phi) is 6.37. The van der Waals surface area contributed by atoms with Crippen LogP contribution in [0.1, 0.15) is 59.8 Å². The highest BCUT2D eigenvalue weighted by molar-refractivity contribution is 4.79. The van der Waals surface area contributed by atoms with Crippen molar-refractivity contribution in [3.63, 3.8) is 0 Å². The van der Waals surface area contributed by atoms with Gasteiger partial charge in [0.25, 0.3) is 0 Å². The summed E-state index contributed by atoms with van der Waals surface area (Å²) in [5, 5.41) is 3.82. The molecule has 1 heterocycles. The van der Waals surface area contributed by atoms with Gasteiger partial charge in [0.15, 0.2) is 0 Å². The van der Waals surface area contributed by atoms with Gasteiger partial charge in [-0.2, -0.15) is 0 Å². The highest BCUT2D eigenvalue weighted by Gasteiger charge is 2.21. The predicted molar refractivity (Wildman–Crippen MR) is 69.7 cm³/mol. The van der Waals surface area contributed by atoms with Crippen LogP contribution in [0.4, 0.5) is 0 Å². The van der Waals surface area contributed by atoms with Gasteiger partial charge in [0, 0.05) is 18.7 Å². The standard InChI is InChI=1S/C14H29NO/c1-5-11(3)9-13(6-2)15-14-7-8-16-12(4)10-14/h11-15H,5-10H2,1-4H3. The van der Waals surface area contributed by atoms with E-state index in [0.717, 1.165) is 12.5 Å². The van der Waals surface area contributed by atoms with Crippen LogP contribution in [-0.2, 0) is 4.74 Å². The van der Waals surface area contributed by atoms with Gasteiger partial charge in [0.2, 0.25) is 0 Å². The first kappa shape index (κ1) is 14.0. The van der Waals surface area contributed by atoms with E-state index in [1.54, 1.807) is 0 Å². The van der Waals surface area contributed by atoms with Crippen LogP contribution in [0, 0.1) is 5.92 Å². The summed E-state index contributed by atoms with van der Waals surface area (Å²) in [5.74, 6) is 0.842. The zero-order valence-electron chi connectivity index (χ0n) is 11.5. The second-order valence-electron chi connectivity index (χ2n) is 5.42. The Morgan fingerprint density at radius 1 is 1.31 bits per heavy atom. The summed E-state index contributed by atoms with van der Waals surface area (Å²) in [6.45, 7) is 10.1. The minimum Gasteiger partial charge on any atom is -0.378 e. The number of nitrogens with one attached hydrogen (secondary N) is 1. The molecular formula is C14H29NO. The smallest absolute Gasteiger partial charge is 0.0561 e. The van der Waals surface area contributed by atoms with Crippen molar-refractivity contribution < 1.29 is 4.74 Å². The zero-order valence-corrected chi connectivity index (χ0v) is 11.5. The van der Waals surface area contributed by atoms with E-state index in [9.17, 15) is 0 Å². The molecule has 0 aromatic heterocycles. The summed E-state index contributed by atoms with van der Waals surface area (Å²) < 4.78 is 5.59. The molecule has 0 amide bonds. The first-order valence-electron chi connectivity index (χ1n) is 7.03. The summed E-state index contributed by atoms with van der Waals surface area (Å²) in [7, 11) is 0. The minimum absolute atomic E-state index is 0.437. The van der Waals surface area contributed by atoms with Crippen LogP contribution in [0.25, 0.3) is 0 Å². The molecule has 0 bridgehead atoms. The molecule has 0 aliphatic carbocycles. The third-order valence-corrected chi connectivity index (χ3v) is 3.83. The van der Waals surface area contributed by atoms with E-state index < -0.39 is 0 Å². The van der Waals surface area contributed by atoms with E-state index in [0.29, 0.717) is 18.2 Å². The maximum Gasteiger partial charge on any atom is 0.0561 e. The fourth-order valence-corrected chi connectivity index (χ4v) is 2.49. The average Bonchev–Trinajstić information content (AvgIpc) is 2.28. The van der Waals surface area contributed by atoms with E-state index in [4.69, 9.17) is 4.74 Å². The van der Waals surface area contributed by atoms with Crippen LogP contribution >= 0.6 is 0 Å². The molecule has 16 heavy (non-hydrogen) atoms. The quantitative estimate of drug-likeness (QED) is 0.751. The Balaban J connectivity index is 2.31. The van der Waals surface area contributed by atoms with Crippen molar-refractivity contribution in [1.29, 1.82) is 0 Å². The molecule has 2 nitrogen and oxygen atoms in total. The Bertz CT molecular complexity index is 184. The van der Waals surface area contributed by atoms with Crippen LogP contribution in [-0.4, -0.2) is 24.8 Å². The van der Waals surface area contributed by atoms with Crippen LogP contribution < -0.4 is 5.32 Å². The molecule has 1 rings (SSSR count). The molecule has 0 spiro atoms. The first-order valence-corrected chi connectivity index (χ1v) is 7.03. The van der Waals surface area contributed by atoms with E-state index in [2.05, 4.69) is 33.0 Å². The van der Waals surface area contributed by atoms with E-state index in [1.807, 2.05) is 0 Å². The van der Waals surface area contributed by atoms with Gasteiger partial charge in [-0.25, -0.2) is 0 Å². The fraction of sp³-hybridized carbons (Fsp3) is 1.00. The molecule has 2 heteroatoms. The van der Waals surface area contributed by atoms with Crippen molar-refractivity contribution in [2.75, 3.05) is 6.61 Å². The van der Waals surface area contributed by atoms with E-state index >= 15 is 0 Å². The third-order valence-electron chi connectivity index (χ3n) is 3.83. The molecule has 0 aromatic carbocycles. The van der Waals surface area contributed by atoms with Crippen molar-refractivity contribution in [1.82, 2.24) is 5.32 Å². The van der Waals surface area contributed by atoms with Gasteiger partial charge in [-0.3, -0.25) is 0 Å². The van der Waals surface area contributed by atoms with Crippen LogP contribution in [0.3, 0.4) is 0 Å².